The normalized spacial score (nSPS) is 15.8. The summed E-state index contributed by atoms with van der Waals surface area (Å²) in [7, 11) is 0.516. The molecule has 0 saturated heterocycles. The molecule has 2 unspecified atom stereocenters. The van der Waals surface area contributed by atoms with E-state index in [1.807, 2.05) is 0 Å². The van der Waals surface area contributed by atoms with Crippen molar-refractivity contribution in [1.82, 2.24) is 9.77 Å². The lowest BCUT2D eigenvalue weighted by molar-refractivity contribution is 0.171. The Morgan fingerprint density at radius 2 is 1.45 bits per heavy atom. The molecule has 8 nitrogen and oxygen atoms in total. The van der Waals surface area contributed by atoms with Crippen molar-refractivity contribution in [2.24, 2.45) is 0 Å². The van der Waals surface area contributed by atoms with Crippen LogP contribution >= 0.6 is 0 Å². The molecule has 0 spiro atoms. The molecule has 0 aliphatic rings. The minimum absolute atomic E-state index is 0.516. The van der Waals surface area contributed by atoms with Crippen LogP contribution in [0.4, 0.5) is 0 Å². The Balaban J connectivity index is 3.03. The second-order valence-electron chi connectivity index (χ2n) is 0.997. The van der Waals surface area contributed by atoms with Gasteiger partial charge in [0.15, 0.2) is 0 Å². The van der Waals surface area contributed by atoms with Crippen LogP contribution in [0.15, 0.2) is 0 Å². The van der Waals surface area contributed by atoms with E-state index in [9.17, 15) is 8.42 Å². The van der Waals surface area contributed by atoms with Crippen molar-refractivity contribution in [2.45, 2.75) is 0 Å². The fraction of sp³-hybridized carbons (Fsp3) is 0. The number of rotatable bonds is 6. The second-order valence-corrected chi connectivity index (χ2v) is 2.33. The van der Waals surface area contributed by atoms with Crippen molar-refractivity contribution in [2.75, 3.05) is 0 Å². The largest absolute Gasteiger partial charge is 0.526 e. The summed E-state index contributed by atoms with van der Waals surface area (Å²) in [5.74, 6) is 0. The highest BCUT2D eigenvalue weighted by atomic mass is 32.2. The van der Waals surface area contributed by atoms with Crippen molar-refractivity contribution >= 4 is 30.2 Å². The zero-order valence-electron chi connectivity index (χ0n) is 4.92. The van der Waals surface area contributed by atoms with E-state index in [4.69, 9.17) is 9.11 Å². The molecule has 0 heterocycles. The van der Waals surface area contributed by atoms with E-state index in [1.54, 1.807) is 9.77 Å². The number of nitrogens with one attached hydrogen (secondary N) is 2. The Hall–Kier alpha value is 0.125. The third-order valence-electron chi connectivity index (χ3n) is 0.335. The van der Waals surface area contributed by atoms with E-state index in [1.165, 1.54) is 0 Å². The quantitative estimate of drug-likeness (QED) is 0.169. The lowest BCUT2D eigenvalue weighted by Gasteiger charge is -1.98. The summed E-state index contributed by atoms with van der Waals surface area (Å²) in [5.41, 5.74) is 0. The maximum Gasteiger partial charge on any atom is 0.526 e. The van der Waals surface area contributed by atoms with Gasteiger partial charge < -0.3 is 9.51 Å². The minimum Gasteiger partial charge on any atom is -0.313 e. The summed E-state index contributed by atoms with van der Waals surface area (Å²) in [5, 5.41) is 0. The number of hydrogen-bond donors (Lipinski definition) is 4. The van der Waals surface area contributed by atoms with Crippen LogP contribution < -0.4 is 9.77 Å². The van der Waals surface area contributed by atoms with Gasteiger partial charge in [-0.2, -0.15) is 0 Å². The molecule has 65 valence electrons. The molecule has 0 fully saturated rings. The third kappa shape index (κ3) is 10.1. The van der Waals surface area contributed by atoms with E-state index in [0.29, 0.717) is 7.69 Å². The van der Waals surface area contributed by atoms with Gasteiger partial charge in [-0.3, -0.25) is 9.11 Å². The lowest BCUT2D eigenvalue weighted by atomic mass is 10.4. The van der Waals surface area contributed by atoms with Gasteiger partial charge in [-0.1, -0.05) is 0 Å². The Morgan fingerprint density at radius 3 is 1.73 bits per heavy atom. The summed E-state index contributed by atoms with van der Waals surface area (Å²) < 4.78 is 43.5. The fourth-order valence-corrected chi connectivity index (χ4v) is 0.389. The molecule has 0 aromatic heterocycles. The Kier molecular flexibility index (Phi) is 6.89. The third-order valence-corrected chi connectivity index (χ3v) is 0.813. The fourth-order valence-electron chi connectivity index (χ4n) is 0.146. The van der Waals surface area contributed by atoms with E-state index >= 15 is 0 Å². The van der Waals surface area contributed by atoms with Gasteiger partial charge in [-0.05, 0) is 0 Å². The molecular weight excluding hydrogens is 199 g/mol. The smallest absolute Gasteiger partial charge is 0.313 e. The SMILES string of the molecule is O=S(O)NO[B]ONS(=O)O. The van der Waals surface area contributed by atoms with Gasteiger partial charge in [0.2, 0.25) is 0 Å². The summed E-state index contributed by atoms with van der Waals surface area (Å²) >= 11 is -4.66. The molecule has 0 aromatic rings. The first kappa shape index (κ1) is 11.1. The molecule has 0 amide bonds. The number of hydrogen-bond acceptors (Lipinski definition) is 4. The van der Waals surface area contributed by atoms with Gasteiger partial charge in [0, 0.05) is 0 Å². The predicted molar refractivity (Wildman–Crippen MR) is 35.7 cm³/mol. The van der Waals surface area contributed by atoms with Crippen molar-refractivity contribution in [3.05, 3.63) is 0 Å². The van der Waals surface area contributed by atoms with Gasteiger partial charge >= 0.3 is 7.69 Å². The first-order chi connectivity index (χ1) is 5.13. The minimum atomic E-state index is -2.33. The predicted octanol–water partition coefficient (Wildman–Crippen LogP) is -2.16. The van der Waals surface area contributed by atoms with Gasteiger partial charge in [0.05, 0.1) is 0 Å². The standard InChI is InChI=1S/BH4N2O6S2/c4-10(5)2-8-1-9-3-11(6)7/h2-3H,(H,4,5)(H,6,7). The van der Waals surface area contributed by atoms with Crippen LogP contribution in [0.2, 0.25) is 0 Å². The van der Waals surface area contributed by atoms with E-state index in [2.05, 4.69) is 9.51 Å². The van der Waals surface area contributed by atoms with Crippen LogP contribution in [0.5, 0.6) is 0 Å². The van der Waals surface area contributed by atoms with Crippen LogP contribution in [0.1, 0.15) is 0 Å². The van der Waals surface area contributed by atoms with Crippen LogP contribution in [-0.4, -0.2) is 25.2 Å². The van der Waals surface area contributed by atoms with E-state index < -0.39 is 22.5 Å². The molecule has 11 heteroatoms. The Morgan fingerprint density at radius 1 is 1.09 bits per heavy atom. The van der Waals surface area contributed by atoms with Crippen molar-refractivity contribution in [1.29, 1.82) is 0 Å². The van der Waals surface area contributed by atoms with E-state index in [0.717, 1.165) is 0 Å². The highest BCUT2D eigenvalue weighted by Gasteiger charge is 1.97. The molecule has 0 aromatic carbocycles. The van der Waals surface area contributed by atoms with Gasteiger partial charge in [0.1, 0.15) is 0 Å². The van der Waals surface area contributed by atoms with Crippen molar-refractivity contribution in [3.8, 4) is 0 Å². The van der Waals surface area contributed by atoms with Crippen molar-refractivity contribution < 1.29 is 27.0 Å². The highest BCUT2D eigenvalue weighted by Crippen LogP contribution is 1.68. The van der Waals surface area contributed by atoms with Crippen LogP contribution in [-0.2, 0) is 32.0 Å². The molecule has 0 aliphatic carbocycles. The summed E-state index contributed by atoms with van der Waals surface area (Å²) in [6.07, 6.45) is 0. The van der Waals surface area contributed by atoms with Crippen LogP contribution in [0.25, 0.3) is 0 Å². The van der Waals surface area contributed by atoms with Crippen LogP contribution in [0, 0.1) is 0 Å². The lowest BCUT2D eigenvalue weighted by Crippen LogP contribution is -2.26. The monoisotopic (exact) mass is 203 g/mol. The average Bonchev–Trinajstić information content (AvgIpc) is 1.85. The maximum absolute atomic E-state index is 9.77. The Labute approximate surface area is 67.7 Å². The molecule has 11 heavy (non-hydrogen) atoms. The van der Waals surface area contributed by atoms with Crippen LogP contribution in [0.3, 0.4) is 0 Å². The zero-order valence-corrected chi connectivity index (χ0v) is 6.55. The first-order valence-electron chi connectivity index (χ1n) is 1.99. The maximum atomic E-state index is 9.77. The molecule has 4 N–H and O–H groups in total. The molecular formula is H4BN2O6S2. The summed E-state index contributed by atoms with van der Waals surface area (Å²) in [6, 6.07) is 0. The highest BCUT2D eigenvalue weighted by molar-refractivity contribution is 7.77. The summed E-state index contributed by atoms with van der Waals surface area (Å²) in [6.45, 7) is 0. The molecule has 0 aliphatic heterocycles. The average molecular weight is 203 g/mol. The van der Waals surface area contributed by atoms with E-state index in [-0.39, 0.29) is 0 Å². The molecule has 1 radical (unpaired) electrons. The summed E-state index contributed by atoms with van der Waals surface area (Å²) in [4.78, 5) is 3.09. The van der Waals surface area contributed by atoms with Gasteiger partial charge in [0.25, 0.3) is 22.5 Å². The zero-order chi connectivity index (χ0) is 8.69. The first-order valence-corrected chi connectivity index (χ1v) is 4.20. The van der Waals surface area contributed by atoms with Gasteiger partial charge in [-0.15, -0.1) is 9.77 Å². The Bertz CT molecular complexity index is 134. The molecule has 2 atom stereocenters. The van der Waals surface area contributed by atoms with Gasteiger partial charge in [-0.25, -0.2) is 8.42 Å². The molecule has 0 saturated carbocycles. The molecule has 0 bridgehead atoms. The topological polar surface area (TPSA) is 117 Å². The molecule has 0 rings (SSSR count). The second kappa shape index (κ2) is 6.81. The van der Waals surface area contributed by atoms with Crippen molar-refractivity contribution in [3.63, 3.8) is 0 Å².